The number of piperazine rings is 1. The highest BCUT2D eigenvalue weighted by atomic mass is 32.1. The second kappa shape index (κ2) is 6.26. The second-order valence-corrected chi connectivity index (χ2v) is 5.96. The third-order valence-electron chi connectivity index (χ3n) is 3.84. The zero-order valence-electron chi connectivity index (χ0n) is 12.2. The van der Waals surface area contributed by atoms with Gasteiger partial charge in [0.2, 0.25) is 0 Å². The summed E-state index contributed by atoms with van der Waals surface area (Å²) < 4.78 is 0. The number of para-hydroxylation sites is 1. The first kappa shape index (κ1) is 14.1. The lowest BCUT2D eigenvalue weighted by Crippen LogP contribution is -2.46. The monoisotopic (exact) mass is 301 g/mol. The molecule has 0 radical (unpaired) electrons. The van der Waals surface area contributed by atoms with Crippen molar-refractivity contribution < 1.29 is 4.79 Å². The maximum absolute atomic E-state index is 12.1. The summed E-state index contributed by atoms with van der Waals surface area (Å²) in [4.78, 5) is 21.1. The van der Waals surface area contributed by atoms with Crippen LogP contribution in [0.3, 0.4) is 0 Å². The Labute approximate surface area is 129 Å². The SMILES string of the molecule is CCC(=O)c1ccccc1N1CCN(c2nccs2)CC1. The molecule has 1 saturated heterocycles. The van der Waals surface area contributed by atoms with Crippen molar-refractivity contribution >= 4 is 27.9 Å². The molecule has 0 atom stereocenters. The number of Topliss-reactive ketones (excluding diaryl/α,β-unsaturated/α-hetero) is 1. The first-order valence-corrected chi connectivity index (χ1v) is 8.19. The fourth-order valence-corrected chi connectivity index (χ4v) is 3.38. The Morgan fingerprint density at radius 1 is 1.19 bits per heavy atom. The Bertz CT molecular complexity index is 604. The molecule has 4 nitrogen and oxygen atoms in total. The molecule has 0 aliphatic carbocycles. The van der Waals surface area contributed by atoms with E-state index in [-0.39, 0.29) is 5.78 Å². The number of nitrogens with zero attached hydrogens (tertiary/aromatic N) is 3. The van der Waals surface area contributed by atoms with Gasteiger partial charge >= 0.3 is 0 Å². The van der Waals surface area contributed by atoms with Crippen LogP contribution in [0, 0.1) is 0 Å². The highest BCUT2D eigenvalue weighted by Crippen LogP contribution is 2.25. The van der Waals surface area contributed by atoms with Gasteiger partial charge < -0.3 is 9.80 Å². The van der Waals surface area contributed by atoms with Gasteiger partial charge in [-0.05, 0) is 12.1 Å². The average molecular weight is 301 g/mol. The summed E-state index contributed by atoms with van der Waals surface area (Å²) in [6.45, 7) is 5.66. The molecule has 1 aromatic carbocycles. The normalized spacial score (nSPS) is 15.3. The molecule has 2 aromatic rings. The van der Waals surface area contributed by atoms with Crippen molar-refractivity contribution in [2.75, 3.05) is 36.0 Å². The fourth-order valence-electron chi connectivity index (χ4n) is 2.69. The van der Waals surface area contributed by atoms with Crippen LogP contribution in [-0.2, 0) is 0 Å². The fraction of sp³-hybridized carbons (Fsp3) is 0.375. The lowest BCUT2D eigenvalue weighted by Gasteiger charge is -2.36. The van der Waals surface area contributed by atoms with Crippen LogP contribution in [0.15, 0.2) is 35.8 Å². The second-order valence-electron chi connectivity index (χ2n) is 5.08. The summed E-state index contributed by atoms with van der Waals surface area (Å²) in [5, 5.41) is 3.10. The minimum Gasteiger partial charge on any atom is -0.367 e. The third-order valence-corrected chi connectivity index (χ3v) is 4.67. The molecule has 1 aromatic heterocycles. The zero-order valence-corrected chi connectivity index (χ0v) is 13.0. The van der Waals surface area contributed by atoms with E-state index in [0.29, 0.717) is 6.42 Å². The molecule has 0 spiro atoms. The number of thiazole rings is 1. The van der Waals surface area contributed by atoms with Crippen LogP contribution in [0.25, 0.3) is 0 Å². The molecule has 2 heterocycles. The Morgan fingerprint density at radius 2 is 1.90 bits per heavy atom. The van der Waals surface area contributed by atoms with E-state index in [1.807, 2.05) is 36.7 Å². The van der Waals surface area contributed by atoms with E-state index in [1.54, 1.807) is 11.3 Å². The quantitative estimate of drug-likeness (QED) is 0.813. The van der Waals surface area contributed by atoms with E-state index in [0.717, 1.165) is 42.6 Å². The average Bonchev–Trinajstić information content (AvgIpc) is 3.09. The van der Waals surface area contributed by atoms with Gasteiger partial charge in [0.15, 0.2) is 10.9 Å². The van der Waals surface area contributed by atoms with Crippen molar-refractivity contribution in [1.29, 1.82) is 0 Å². The lowest BCUT2D eigenvalue weighted by atomic mass is 10.1. The van der Waals surface area contributed by atoms with E-state index >= 15 is 0 Å². The van der Waals surface area contributed by atoms with Crippen molar-refractivity contribution in [1.82, 2.24) is 4.98 Å². The van der Waals surface area contributed by atoms with Gasteiger partial charge in [0.05, 0.1) is 0 Å². The zero-order chi connectivity index (χ0) is 14.7. The first-order chi connectivity index (χ1) is 10.3. The Kier molecular flexibility index (Phi) is 4.20. The first-order valence-electron chi connectivity index (χ1n) is 7.31. The summed E-state index contributed by atoms with van der Waals surface area (Å²) in [6.07, 6.45) is 2.40. The standard InChI is InChI=1S/C16H19N3OS/c1-2-15(20)13-5-3-4-6-14(13)18-8-10-19(11-9-18)16-17-7-12-21-16/h3-7,12H,2,8-11H2,1H3. The third kappa shape index (κ3) is 2.93. The number of carbonyl (C=O) groups excluding carboxylic acids is 1. The molecule has 0 N–H and O–H groups in total. The van der Waals surface area contributed by atoms with Crippen LogP contribution in [0.4, 0.5) is 10.8 Å². The minimum atomic E-state index is 0.216. The van der Waals surface area contributed by atoms with E-state index in [4.69, 9.17) is 0 Å². The van der Waals surface area contributed by atoms with Crippen LogP contribution < -0.4 is 9.80 Å². The Hall–Kier alpha value is -1.88. The number of ketones is 1. The molecule has 3 rings (SSSR count). The van der Waals surface area contributed by atoms with Gasteiger partial charge in [-0.25, -0.2) is 4.98 Å². The van der Waals surface area contributed by atoms with Crippen LogP contribution in [0.2, 0.25) is 0 Å². The summed E-state index contributed by atoms with van der Waals surface area (Å²) in [5.41, 5.74) is 1.92. The predicted octanol–water partition coefficient (Wildman–Crippen LogP) is 3.06. The van der Waals surface area contributed by atoms with Crippen molar-refractivity contribution in [2.45, 2.75) is 13.3 Å². The van der Waals surface area contributed by atoms with Crippen molar-refractivity contribution in [2.24, 2.45) is 0 Å². The topological polar surface area (TPSA) is 36.4 Å². The minimum absolute atomic E-state index is 0.216. The molecule has 0 amide bonds. The maximum Gasteiger partial charge on any atom is 0.185 e. The van der Waals surface area contributed by atoms with Crippen molar-refractivity contribution in [3.8, 4) is 0 Å². The van der Waals surface area contributed by atoms with E-state index in [1.165, 1.54) is 0 Å². The number of anilines is 2. The van der Waals surface area contributed by atoms with E-state index < -0.39 is 0 Å². The molecule has 1 aliphatic heterocycles. The number of carbonyl (C=O) groups is 1. The van der Waals surface area contributed by atoms with Gasteiger partial charge in [-0.1, -0.05) is 19.1 Å². The highest BCUT2D eigenvalue weighted by molar-refractivity contribution is 7.13. The van der Waals surface area contributed by atoms with Gasteiger partial charge in [0.25, 0.3) is 0 Å². The molecule has 0 bridgehead atoms. The molecule has 110 valence electrons. The van der Waals surface area contributed by atoms with E-state index in [2.05, 4.69) is 20.9 Å². The highest BCUT2D eigenvalue weighted by Gasteiger charge is 2.21. The largest absolute Gasteiger partial charge is 0.367 e. The number of hydrogen-bond donors (Lipinski definition) is 0. The van der Waals surface area contributed by atoms with Crippen LogP contribution in [0.1, 0.15) is 23.7 Å². The molecule has 21 heavy (non-hydrogen) atoms. The maximum atomic E-state index is 12.1. The summed E-state index contributed by atoms with van der Waals surface area (Å²) in [6, 6.07) is 7.95. The van der Waals surface area contributed by atoms with Crippen LogP contribution in [0.5, 0.6) is 0 Å². The van der Waals surface area contributed by atoms with Gasteiger partial charge in [-0.3, -0.25) is 4.79 Å². The molecule has 0 unspecified atom stereocenters. The smallest absolute Gasteiger partial charge is 0.185 e. The van der Waals surface area contributed by atoms with E-state index in [9.17, 15) is 4.79 Å². The molecular formula is C16H19N3OS. The van der Waals surface area contributed by atoms with Crippen LogP contribution >= 0.6 is 11.3 Å². The lowest BCUT2D eigenvalue weighted by molar-refractivity contribution is 0.0988. The van der Waals surface area contributed by atoms with Gasteiger partial charge in [-0.15, -0.1) is 11.3 Å². The Balaban J connectivity index is 1.74. The van der Waals surface area contributed by atoms with Crippen LogP contribution in [-0.4, -0.2) is 36.9 Å². The summed E-state index contributed by atoms with van der Waals surface area (Å²) in [7, 11) is 0. The number of rotatable bonds is 4. The van der Waals surface area contributed by atoms with Crippen molar-refractivity contribution in [3.63, 3.8) is 0 Å². The Morgan fingerprint density at radius 3 is 2.57 bits per heavy atom. The molecule has 1 aliphatic rings. The summed E-state index contributed by atoms with van der Waals surface area (Å²) >= 11 is 1.68. The molecular weight excluding hydrogens is 282 g/mol. The number of aromatic nitrogens is 1. The summed E-state index contributed by atoms with van der Waals surface area (Å²) in [5.74, 6) is 0.216. The molecule has 5 heteroatoms. The van der Waals surface area contributed by atoms with Gasteiger partial charge in [0.1, 0.15) is 0 Å². The predicted molar refractivity (Wildman–Crippen MR) is 87.6 cm³/mol. The number of benzene rings is 1. The molecule has 1 fully saturated rings. The van der Waals surface area contributed by atoms with Gasteiger partial charge in [0, 0.05) is 55.4 Å². The van der Waals surface area contributed by atoms with Crippen molar-refractivity contribution in [3.05, 3.63) is 41.4 Å². The number of hydrogen-bond acceptors (Lipinski definition) is 5. The molecule has 0 saturated carbocycles. The van der Waals surface area contributed by atoms with Gasteiger partial charge in [-0.2, -0.15) is 0 Å².